The van der Waals surface area contributed by atoms with E-state index in [-0.39, 0.29) is 57.5 Å². The zero-order valence-corrected chi connectivity index (χ0v) is 33.2. The van der Waals surface area contributed by atoms with E-state index in [4.69, 9.17) is 37.9 Å². The molecule has 2 aliphatic heterocycles. The molecule has 4 aromatic carbocycles. The highest BCUT2D eigenvalue weighted by Crippen LogP contribution is 2.62. The molecular weight excluding hydrogens is 728 g/mol. The van der Waals surface area contributed by atoms with Crippen LogP contribution in [0.15, 0.2) is 12.1 Å². The van der Waals surface area contributed by atoms with Crippen LogP contribution < -0.4 is 28.4 Å². The van der Waals surface area contributed by atoms with E-state index >= 15 is 0 Å². The molecule has 2 heterocycles. The van der Waals surface area contributed by atoms with Crippen molar-refractivity contribution in [1.29, 1.82) is 0 Å². The van der Waals surface area contributed by atoms with Crippen molar-refractivity contribution in [3.63, 3.8) is 0 Å². The third-order valence-corrected chi connectivity index (χ3v) is 9.32. The fraction of sp³-hybridized carbons (Fsp3) is 0.381. The molecule has 0 saturated carbocycles. The average Bonchev–Trinajstić information content (AvgIpc) is 3.59. The summed E-state index contributed by atoms with van der Waals surface area (Å²) in [4.78, 5) is 75.4. The van der Waals surface area contributed by atoms with Gasteiger partial charge in [0, 0.05) is 74.6 Å². The van der Waals surface area contributed by atoms with E-state index in [2.05, 4.69) is 0 Å². The van der Waals surface area contributed by atoms with Gasteiger partial charge < -0.3 is 37.9 Å². The van der Waals surface area contributed by atoms with Gasteiger partial charge in [-0.05, 0) is 47.6 Å². The molecule has 2 atom stereocenters. The maximum atomic E-state index is 12.6. The van der Waals surface area contributed by atoms with E-state index in [0.717, 1.165) is 0 Å². The molecule has 2 unspecified atom stereocenters. The molecule has 2 aliphatic rings. The summed E-state index contributed by atoms with van der Waals surface area (Å²) in [5, 5.41) is 2.05. The highest BCUT2D eigenvalue weighted by Gasteiger charge is 2.44. The molecule has 294 valence electrons. The molecule has 0 saturated heterocycles. The largest absolute Gasteiger partial charge is 0.449 e. The number of benzene rings is 4. The van der Waals surface area contributed by atoms with Crippen LogP contribution in [0.3, 0.4) is 0 Å². The predicted molar refractivity (Wildman–Crippen MR) is 200 cm³/mol. The van der Waals surface area contributed by atoms with Gasteiger partial charge in [0.15, 0.2) is 23.0 Å². The van der Waals surface area contributed by atoms with Gasteiger partial charge in [-0.3, -0.25) is 28.8 Å². The van der Waals surface area contributed by atoms with Gasteiger partial charge in [0.05, 0.1) is 11.1 Å². The van der Waals surface area contributed by atoms with E-state index < -0.39 is 48.4 Å². The van der Waals surface area contributed by atoms with Crippen LogP contribution in [0.1, 0.15) is 127 Å². The van der Waals surface area contributed by atoms with Gasteiger partial charge in [-0.15, -0.1) is 0 Å². The monoisotopic (exact) mass is 770 g/mol. The number of rotatable bonds is 9. The minimum Gasteiger partial charge on any atom is -0.449 e. The van der Waals surface area contributed by atoms with E-state index in [1.54, 1.807) is 0 Å². The van der Waals surface area contributed by atoms with Crippen molar-refractivity contribution in [3.05, 3.63) is 45.5 Å². The summed E-state index contributed by atoms with van der Waals surface area (Å²) in [6.07, 6.45) is -2.88. The van der Waals surface area contributed by atoms with Crippen LogP contribution >= 0.6 is 0 Å². The number of carbonyl (C=O) groups is 6. The Labute approximate surface area is 322 Å². The lowest BCUT2D eigenvalue weighted by Crippen LogP contribution is -2.16. The highest BCUT2D eigenvalue weighted by atomic mass is 16.7. The van der Waals surface area contributed by atoms with Crippen LogP contribution in [-0.2, 0) is 38.2 Å². The SMILES string of the molecule is CC(=O)Oc1c(OC(C)=O)c2c3c(c(-c4c(C)cc5c(C(C)C)c(OC(C)=O)c(OC(C)=O)c6c5c4OC6OC(C)=O)c(C)cc3c1C(C)C)OC2OC(C)=O. The molecular formula is C42H42O14. The van der Waals surface area contributed by atoms with Gasteiger partial charge in [0.1, 0.15) is 11.5 Å². The zero-order valence-electron chi connectivity index (χ0n) is 33.2. The Kier molecular flexibility index (Phi) is 10.2. The Morgan fingerprint density at radius 1 is 0.500 bits per heavy atom. The van der Waals surface area contributed by atoms with Crippen molar-refractivity contribution in [2.45, 2.75) is 108 Å². The quantitative estimate of drug-likeness (QED) is 0.118. The number of hydrogen-bond donors (Lipinski definition) is 0. The fourth-order valence-corrected chi connectivity index (χ4v) is 7.73. The maximum absolute atomic E-state index is 12.6. The van der Waals surface area contributed by atoms with Crippen molar-refractivity contribution < 1.29 is 66.7 Å². The molecule has 6 rings (SSSR count). The Bertz CT molecular complexity index is 2270. The molecule has 0 radical (unpaired) electrons. The summed E-state index contributed by atoms with van der Waals surface area (Å²) in [6, 6.07) is 3.75. The maximum Gasteiger partial charge on any atom is 0.308 e. The van der Waals surface area contributed by atoms with Crippen molar-refractivity contribution in [1.82, 2.24) is 0 Å². The van der Waals surface area contributed by atoms with Crippen LogP contribution in [0.25, 0.3) is 32.7 Å². The summed E-state index contributed by atoms with van der Waals surface area (Å²) in [7, 11) is 0. The predicted octanol–water partition coefficient (Wildman–Crippen LogP) is 8.13. The Morgan fingerprint density at radius 2 is 0.804 bits per heavy atom. The molecule has 56 heavy (non-hydrogen) atoms. The standard InChI is InChI=1S/C42H42O14/c1-15(2)27-25-13-17(5)29(35-31(25)33(41(55-35)53-23(11)47)39(51-21(9)45)37(27)49-19(7)43)30-18(6)14-26-28(16(3)4)38(50-20(8)44)40(52-22(10)46)34-32(26)36(30)56-42(34)54-24(12)48/h13-16,41-42H,1-12H3. The topological polar surface area (TPSA) is 176 Å². The van der Waals surface area contributed by atoms with Crippen LogP contribution in [0.2, 0.25) is 0 Å². The second kappa shape index (κ2) is 14.5. The molecule has 14 nitrogen and oxygen atoms in total. The Hall–Kier alpha value is -6.18. The summed E-state index contributed by atoms with van der Waals surface area (Å²) in [5.41, 5.74) is 3.67. The minimum absolute atomic E-state index is 0.00792. The number of esters is 6. The molecule has 14 heteroatoms. The van der Waals surface area contributed by atoms with Crippen LogP contribution in [0.5, 0.6) is 34.5 Å². The molecule has 0 spiro atoms. The van der Waals surface area contributed by atoms with E-state index in [9.17, 15) is 28.8 Å². The first-order valence-electron chi connectivity index (χ1n) is 18.0. The van der Waals surface area contributed by atoms with Crippen molar-refractivity contribution >= 4 is 57.4 Å². The van der Waals surface area contributed by atoms with E-state index in [1.165, 1.54) is 41.5 Å². The van der Waals surface area contributed by atoms with E-state index in [1.807, 2.05) is 53.7 Å². The summed E-state index contributed by atoms with van der Waals surface area (Å²) in [5.74, 6) is -4.56. The van der Waals surface area contributed by atoms with Gasteiger partial charge in [-0.25, -0.2) is 0 Å². The lowest BCUT2D eigenvalue weighted by molar-refractivity contribution is -0.162. The molecule has 0 aromatic heterocycles. The van der Waals surface area contributed by atoms with Gasteiger partial charge in [0.25, 0.3) is 12.6 Å². The van der Waals surface area contributed by atoms with Crippen LogP contribution in [-0.4, -0.2) is 35.8 Å². The Balaban J connectivity index is 1.83. The Morgan fingerprint density at radius 3 is 1.07 bits per heavy atom. The van der Waals surface area contributed by atoms with Gasteiger partial charge in [-0.2, -0.15) is 0 Å². The lowest BCUT2D eigenvalue weighted by atomic mass is 9.84. The first-order valence-corrected chi connectivity index (χ1v) is 18.0. The third-order valence-electron chi connectivity index (χ3n) is 9.32. The molecule has 0 fully saturated rings. The summed E-state index contributed by atoms with van der Waals surface area (Å²) < 4.78 is 47.5. The molecule has 4 aromatic rings. The van der Waals surface area contributed by atoms with Crippen LogP contribution in [0, 0.1) is 13.8 Å². The fourth-order valence-electron chi connectivity index (χ4n) is 7.73. The first kappa shape index (κ1) is 39.5. The van der Waals surface area contributed by atoms with Gasteiger partial charge >= 0.3 is 35.8 Å². The third kappa shape index (κ3) is 6.62. The molecule has 0 bridgehead atoms. The van der Waals surface area contributed by atoms with Gasteiger partial charge in [0.2, 0.25) is 0 Å². The number of ether oxygens (including phenoxy) is 8. The van der Waals surface area contributed by atoms with Crippen molar-refractivity contribution in [2.75, 3.05) is 0 Å². The average molecular weight is 771 g/mol. The summed E-state index contributed by atoms with van der Waals surface area (Å²) in [6.45, 7) is 18.5. The highest BCUT2D eigenvalue weighted by molar-refractivity contribution is 6.11. The van der Waals surface area contributed by atoms with Crippen LogP contribution in [0.4, 0.5) is 0 Å². The van der Waals surface area contributed by atoms with E-state index in [0.29, 0.717) is 54.9 Å². The number of hydrogen-bond acceptors (Lipinski definition) is 14. The van der Waals surface area contributed by atoms with Crippen molar-refractivity contribution in [2.24, 2.45) is 0 Å². The summed E-state index contributed by atoms with van der Waals surface area (Å²) >= 11 is 0. The molecule has 0 amide bonds. The first-order chi connectivity index (χ1) is 26.2. The molecule has 0 N–H and O–H groups in total. The zero-order chi connectivity index (χ0) is 41.2. The normalized spacial score (nSPS) is 15.1. The number of aryl methyl sites for hydroxylation is 2. The lowest BCUT2D eigenvalue weighted by Gasteiger charge is -2.23. The second-order valence-electron chi connectivity index (χ2n) is 14.4. The van der Waals surface area contributed by atoms with Gasteiger partial charge in [-0.1, -0.05) is 39.8 Å². The minimum atomic E-state index is -1.44. The number of carbonyl (C=O) groups excluding carboxylic acids is 6. The van der Waals surface area contributed by atoms with Crippen molar-refractivity contribution in [3.8, 4) is 45.6 Å². The molecule has 0 aliphatic carbocycles. The second-order valence-corrected chi connectivity index (χ2v) is 14.4. The smallest absolute Gasteiger partial charge is 0.308 e.